The molecule has 1 rings (SSSR count). The largest absolute Gasteiger partial charge is 0.389 e. The highest BCUT2D eigenvalue weighted by atomic mass is 19.4. The van der Waals surface area contributed by atoms with E-state index in [1.807, 2.05) is 0 Å². The molecule has 1 heterocycles. The van der Waals surface area contributed by atoms with Crippen LogP contribution in [0.3, 0.4) is 0 Å². The first-order chi connectivity index (χ1) is 9.33. The fourth-order valence-electron chi connectivity index (χ4n) is 1.86. The fraction of sp³-hybridized carbons (Fsp3) is 0.833. The Morgan fingerprint density at radius 3 is 2.40 bits per heavy atom. The predicted octanol–water partition coefficient (Wildman–Crippen LogP) is 1.08. The predicted molar refractivity (Wildman–Crippen MR) is 64.9 cm³/mol. The number of nitrogens with one attached hydrogen (secondary N) is 1. The van der Waals surface area contributed by atoms with Crippen molar-refractivity contribution in [2.45, 2.75) is 38.4 Å². The van der Waals surface area contributed by atoms with Gasteiger partial charge in [-0.05, 0) is 6.42 Å². The number of hydrogen-bond donors (Lipinski definition) is 1. The normalized spacial score (nSPS) is 17.7. The molecule has 0 aromatic heterocycles. The lowest BCUT2D eigenvalue weighted by Crippen LogP contribution is -2.51. The number of morpholine rings is 1. The zero-order valence-electron chi connectivity index (χ0n) is 11.3. The number of ether oxygens (including phenoxy) is 1. The quantitative estimate of drug-likeness (QED) is 0.826. The van der Waals surface area contributed by atoms with E-state index in [4.69, 9.17) is 4.74 Å². The van der Waals surface area contributed by atoms with Crippen molar-refractivity contribution < 1.29 is 27.5 Å². The zero-order chi connectivity index (χ0) is 15.2. The minimum absolute atomic E-state index is 0.267. The second kappa shape index (κ2) is 7.47. The highest BCUT2D eigenvalue weighted by molar-refractivity contribution is 5.87. The van der Waals surface area contributed by atoms with Crippen molar-refractivity contribution >= 4 is 11.8 Å². The molecular weight excluding hydrogens is 277 g/mol. The molecule has 1 aliphatic rings. The molecule has 5 nitrogen and oxygen atoms in total. The highest BCUT2D eigenvalue weighted by Gasteiger charge is 2.30. The van der Waals surface area contributed by atoms with E-state index in [2.05, 4.69) is 5.32 Å². The van der Waals surface area contributed by atoms with Gasteiger partial charge in [-0.2, -0.15) is 13.2 Å². The van der Waals surface area contributed by atoms with Crippen molar-refractivity contribution in [2.24, 2.45) is 0 Å². The van der Waals surface area contributed by atoms with Crippen molar-refractivity contribution in [3.05, 3.63) is 0 Å². The van der Waals surface area contributed by atoms with Crippen LogP contribution in [0.1, 0.15) is 26.2 Å². The molecule has 1 atom stereocenters. The van der Waals surface area contributed by atoms with Gasteiger partial charge in [0.2, 0.25) is 11.8 Å². The molecule has 0 unspecified atom stereocenters. The number of rotatable bonds is 5. The SMILES string of the molecule is CC[C@@H](NC(=O)CCC(F)(F)F)C(=O)N1CCOCC1. The Morgan fingerprint density at radius 1 is 1.30 bits per heavy atom. The van der Waals surface area contributed by atoms with E-state index in [-0.39, 0.29) is 5.91 Å². The van der Waals surface area contributed by atoms with Crippen LogP contribution in [0.5, 0.6) is 0 Å². The van der Waals surface area contributed by atoms with Gasteiger partial charge in [0.25, 0.3) is 0 Å². The topological polar surface area (TPSA) is 58.6 Å². The van der Waals surface area contributed by atoms with Crippen molar-refractivity contribution in [3.8, 4) is 0 Å². The first kappa shape index (κ1) is 16.7. The van der Waals surface area contributed by atoms with Crippen LogP contribution in [0.2, 0.25) is 0 Å². The van der Waals surface area contributed by atoms with Gasteiger partial charge in [-0.25, -0.2) is 0 Å². The molecule has 0 aromatic rings. The van der Waals surface area contributed by atoms with E-state index in [9.17, 15) is 22.8 Å². The standard InChI is InChI=1S/C12H19F3N2O3/c1-2-9(11(19)17-5-7-20-8-6-17)16-10(18)3-4-12(13,14)15/h9H,2-8H2,1H3,(H,16,18)/t9-/m1/s1. The molecule has 20 heavy (non-hydrogen) atoms. The molecule has 1 saturated heterocycles. The summed E-state index contributed by atoms with van der Waals surface area (Å²) < 4.78 is 41.2. The van der Waals surface area contributed by atoms with Gasteiger partial charge in [0, 0.05) is 19.5 Å². The van der Waals surface area contributed by atoms with Crippen LogP contribution in [-0.2, 0) is 14.3 Å². The van der Waals surface area contributed by atoms with Crippen molar-refractivity contribution in [3.63, 3.8) is 0 Å². The number of carbonyl (C=O) groups is 2. The molecule has 8 heteroatoms. The molecule has 116 valence electrons. The van der Waals surface area contributed by atoms with E-state index in [1.165, 1.54) is 0 Å². The Balaban J connectivity index is 2.45. The molecule has 1 fully saturated rings. The van der Waals surface area contributed by atoms with Gasteiger partial charge in [-0.3, -0.25) is 9.59 Å². The molecule has 0 aromatic carbocycles. The Labute approximate surface area is 115 Å². The molecule has 0 bridgehead atoms. The number of amides is 2. The van der Waals surface area contributed by atoms with Gasteiger partial charge in [-0.1, -0.05) is 6.92 Å². The van der Waals surface area contributed by atoms with E-state index in [0.29, 0.717) is 32.7 Å². The Bertz CT molecular complexity index is 341. The molecule has 1 N–H and O–H groups in total. The minimum atomic E-state index is -4.37. The average Bonchev–Trinajstić information content (AvgIpc) is 2.42. The molecule has 0 saturated carbocycles. The highest BCUT2D eigenvalue weighted by Crippen LogP contribution is 2.21. The average molecular weight is 296 g/mol. The summed E-state index contributed by atoms with van der Waals surface area (Å²) in [6.45, 7) is 3.45. The number of nitrogens with zero attached hydrogens (tertiary/aromatic N) is 1. The third-order valence-corrected chi connectivity index (χ3v) is 3.00. The molecular formula is C12H19F3N2O3. The summed E-state index contributed by atoms with van der Waals surface area (Å²) in [5.74, 6) is -1.02. The van der Waals surface area contributed by atoms with Gasteiger partial charge in [-0.15, -0.1) is 0 Å². The van der Waals surface area contributed by atoms with Crippen molar-refractivity contribution in [1.82, 2.24) is 10.2 Å². The van der Waals surface area contributed by atoms with Crippen LogP contribution in [0.25, 0.3) is 0 Å². The molecule has 0 spiro atoms. The van der Waals surface area contributed by atoms with Crippen LogP contribution in [0.4, 0.5) is 13.2 Å². The smallest absolute Gasteiger partial charge is 0.378 e. The fourth-order valence-corrected chi connectivity index (χ4v) is 1.86. The van der Waals surface area contributed by atoms with Gasteiger partial charge in [0.05, 0.1) is 19.6 Å². The minimum Gasteiger partial charge on any atom is -0.378 e. The first-order valence-electron chi connectivity index (χ1n) is 6.56. The maximum Gasteiger partial charge on any atom is 0.389 e. The van der Waals surface area contributed by atoms with Crippen molar-refractivity contribution in [1.29, 1.82) is 0 Å². The molecule has 1 aliphatic heterocycles. The lowest BCUT2D eigenvalue weighted by molar-refractivity contribution is -0.146. The summed E-state index contributed by atoms with van der Waals surface area (Å²) in [6, 6.07) is -0.770. The van der Waals surface area contributed by atoms with E-state index in [0.717, 1.165) is 0 Å². The summed E-state index contributed by atoms with van der Waals surface area (Å²) in [4.78, 5) is 25.1. The summed E-state index contributed by atoms with van der Waals surface area (Å²) in [6.07, 6.45) is -5.86. The van der Waals surface area contributed by atoms with Crippen LogP contribution in [-0.4, -0.2) is 55.2 Å². The second-order valence-corrected chi connectivity index (χ2v) is 4.58. The monoisotopic (exact) mass is 296 g/mol. The lowest BCUT2D eigenvalue weighted by atomic mass is 10.1. The number of carbonyl (C=O) groups excluding carboxylic acids is 2. The lowest BCUT2D eigenvalue weighted by Gasteiger charge is -2.30. The van der Waals surface area contributed by atoms with Crippen LogP contribution < -0.4 is 5.32 Å². The number of alkyl halides is 3. The van der Waals surface area contributed by atoms with Crippen LogP contribution in [0, 0.1) is 0 Å². The summed E-state index contributed by atoms with van der Waals surface area (Å²) in [5, 5.41) is 2.37. The van der Waals surface area contributed by atoms with Gasteiger partial charge >= 0.3 is 6.18 Å². The molecule has 0 aliphatic carbocycles. The maximum atomic E-state index is 12.1. The van der Waals surface area contributed by atoms with E-state index < -0.39 is 31.0 Å². The summed E-state index contributed by atoms with van der Waals surface area (Å²) >= 11 is 0. The summed E-state index contributed by atoms with van der Waals surface area (Å²) in [7, 11) is 0. The third-order valence-electron chi connectivity index (χ3n) is 3.00. The van der Waals surface area contributed by atoms with E-state index in [1.54, 1.807) is 11.8 Å². The van der Waals surface area contributed by atoms with Crippen molar-refractivity contribution in [2.75, 3.05) is 26.3 Å². The van der Waals surface area contributed by atoms with Crippen LogP contribution in [0.15, 0.2) is 0 Å². The Morgan fingerprint density at radius 2 is 1.90 bits per heavy atom. The molecule has 0 radical (unpaired) electrons. The first-order valence-corrected chi connectivity index (χ1v) is 6.56. The second-order valence-electron chi connectivity index (χ2n) is 4.58. The van der Waals surface area contributed by atoms with Gasteiger partial charge in [0.1, 0.15) is 6.04 Å². The zero-order valence-corrected chi connectivity index (χ0v) is 11.3. The number of hydrogen-bond acceptors (Lipinski definition) is 3. The third kappa shape index (κ3) is 5.77. The van der Waals surface area contributed by atoms with Gasteiger partial charge in [0.15, 0.2) is 0 Å². The molecule has 2 amide bonds. The Kier molecular flexibility index (Phi) is 6.25. The number of halogens is 3. The van der Waals surface area contributed by atoms with Gasteiger partial charge < -0.3 is 15.0 Å². The van der Waals surface area contributed by atoms with E-state index >= 15 is 0 Å². The Hall–Kier alpha value is -1.31. The van der Waals surface area contributed by atoms with Crippen LogP contribution >= 0.6 is 0 Å². The summed E-state index contributed by atoms with van der Waals surface area (Å²) in [5.41, 5.74) is 0. The maximum absolute atomic E-state index is 12.1.